The fourth-order valence-corrected chi connectivity index (χ4v) is 2.59. The van der Waals surface area contributed by atoms with E-state index in [1.807, 2.05) is 6.20 Å². The Bertz CT molecular complexity index is 725. The number of pyridine rings is 1. The lowest BCUT2D eigenvalue weighted by atomic mass is 9.96. The zero-order chi connectivity index (χ0) is 13.9. The molecule has 1 aromatic heterocycles. The molecule has 0 bridgehead atoms. The normalized spacial score (nSPS) is 12.5. The van der Waals surface area contributed by atoms with E-state index in [0.29, 0.717) is 5.92 Å². The van der Waals surface area contributed by atoms with Gasteiger partial charge in [-0.1, -0.05) is 56.3 Å². The summed E-state index contributed by atoms with van der Waals surface area (Å²) in [6.45, 7) is 4.49. The highest BCUT2D eigenvalue weighted by Crippen LogP contribution is 2.29. The van der Waals surface area contributed by atoms with Crippen molar-refractivity contribution >= 4 is 10.8 Å². The van der Waals surface area contributed by atoms with Crippen LogP contribution in [0.2, 0.25) is 0 Å². The van der Waals surface area contributed by atoms with Gasteiger partial charge >= 0.3 is 0 Å². The summed E-state index contributed by atoms with van der Waals surface area (Å²) in [6, 6.07) is 19.3. The molecule has 2 aromatic carbocycles. The van der Waals surface area contributed by atoms with E-state index in [9.17, 15) is 0 Å². The van der Waals surface area contributed by atoms with Crippen LogP contribution < -0.4 is 0 Å². The standard InChI is InChI=1S/C19H19N/c1-3-14(2)16-11-12-20-19(13-16)18-10-6-8-15-7-4-5-9-17(15)18/h4-14H,3H2,1-2H3. The molecule has 0 spiro atoms. The third kappa shape index (κ3) is 2.32. The summed E-state index contributed by atoms with van der Waals surface area (Å²) in [5, 5.41) is 2.53. The first-order chi connectivity index (χ1) is 9.79. The van der Waals surface area contributed by atoms with Crippen LogP contribution in [0.1, 0.15) is 31.7 Å². The van der Waals surface area contributed by atoms with Gasteiger partial charge < -0.3 is 0 Å². The van der Waals surface area contributed by atoms with E-state index < -0.39 is 0 Å². The maximum absolute atomic E-state index is 4.58. The first-order valence-corrected chi connectivity index (χ1v) is 7.23. The summed E-state index contributed by atoms with van der Waals surface area (Å²) >= 11 is 0. The molecule has 0 aliphatic heterocycles. The number of aromatic nitrogens is 1. The van der Waals surface area contributed by atoms with E-state index in [4.69, 9.17) is 0 Å². The SMILES string of the molecule is CCC(C)c1ccnc(-c2cccc3ccccc23)c1. The van der Waals surface area contributed by atoms with Crippen LogP contribution in [-0.2, 0) is 0 Å². The molecule has 0 N–H and O–H groups in total. The van der Waals surface area contributed by atoms with Gasteiger partial charge in [0.15, 0.2) is 0 Å². The molecule has 0 aliphatic carbocycles. The summed E-state index contributed by atoms with van der Waals surface area (Å²) in [6.07, 6.45) is 3.08. The second kappa shape index (κ2) is 5.46. The quantitative estimate of drug-likeness (QED) is 0.614. The van der Waals surface area contributed by atoms with Gasteiger partial charge in [0.1, 0.15) is 0 Å². The Hall–Kier alpha value is -2.15. The van der Waals surface area contributed by atoms with E-state index in [1.165, 1.54) is 21.9 Å². The highest BCUT2D eigenvalue weighted by molar-refractivity contribution is 5.95. The van der Waals surface area contributed by atoms with Crippen LogP contribution in [0.3, 0.4) is 0 Å². The van der Waals surface area contributed by atoms with Crippen molar-refractivity contribution in [2.75, 3.05) is 0 Å². The van der Waals surface area contributed by atoms with Gasteiger partial charge in [-0.15, -0.1) is 0 Å². The van der Waals surface area contributed by atoms with Gasteiger partial charge in [0.05, 0.1) is 5.69 Å². The molecular formula is C19H19N. The molecule has 1 atom stereocenters. The number of benzene rings is 2. The minimum Gasteiger partial charge on any atom is -0.256 e. The molecule has 1 heteroatoms. The minimum atomic E-state index is 0.576. The maximum Gasteiger partial charge on any atom is 0.0711 e. The molecule has 3 rings (SSSR count). The molecule has 0 saturated carbocycles. The minimum absolute atomic E-state index is 0.576. The Morgan fingerprint density at radius 3 is 2.65 bits per heavy atom. The lowest BCUT2D eigenvalue weighted by Crippen LogP contribution is -1.93. The van der Waals surface area contributed by atoms with Crippen molar-refractivity contribution in [3.05, 3.63) is 66.4 Å². The van der Waals surface area contributed by atoms with Crippen LogP contribution >= 0.6 is 0 Å². The predicted octanol–water partition coefficient (Wildman–Crippen LogP) is 5.42. The third-order valence-electron chi connectivity index (χ3n) is 4.03. The lowest BCUT2D eigenvalue weighted by Gasteiger charge is -2.11. The summed E-state index contributed by atoms with van der Waals surface area (Å²) in [7, 11) is 0. The maximum atomic E-state index is 4.58. The topological polar surface area (TPSA) is 12.9 Å². The fraction of sp³-hybridized carbons (Fsp3) is 0.211. The average Bonchev–Trinajstić information content (AvgIpc) is 2.53. The van der Waals surface area contributed by atoms with Crippen molar-refractivity contribution in [1.82, 2.24) is 4.98 Å². The van der Waals surface area contributed by atoms with E-state index in [2.05, 4.69) is 73.4 Å². The number of fused-ring (bicyclic) bond motifs is 1. The zero-order valence-corrected chi connectivity index (χ0v) is 12.0. The van der Waals surface area contributed by atoms with Crippen molar-refractivity contribution in [1.29, 1.82) is 0 Å². The monoisotopic (exact) mass is 261 g/mol. The van der Waals surface area contributed by atoms with Gasteiger partial charge in [0, 0.05) is 11.8 Å². The Morgan fingerprint density at radius 2 is 1.80 bits per heavy atom. The summed E-state index contributed by atoms with van der Waals surface area (Å²) in [5.41, 5.74) is 3.65. The largest absolute Gasteiger partial charge is 0.256 e. The molecule has 0 saturated heterocycles. The van der Waals surface area contributed by atoms with Crippen LogP contribution in [0, 0.1) is 0 Å². The Kier molecular flexibility index (Phi) is 3.51. The van der Waals surface area contributed by atoms with Gasteiger partial charge in [-0.25, -0.2) is 0 Å². The molecule has 0 aliphatic rings. The van der Waals surface area contributed by atoms with E-state index >= 15 is 0 Å². The highest BCUT2D eigenvalue weighted by atomic mass is 14.7. The smallest absolute Gasteiger partial charge is 0.0711 e. The van der Waals surface area contributed by atoms with Gasteiger partial charge in [-0.2, -0.15) is 0 Å². The molecular weight excluding hydrogens is 242 g/mol. The van der Waals surface area contributed by atoms with Crippen molar-refractivity contribution < 1.29 is 0 Å². The molecule has 0 amide bonds. The zero-order valence-electron chi connectivity index (χ0n) is 12.0. The second-order valence-corrected chi connectivity index (χ2v) is 5.31. The number of hydrogen-bond donors (Lipinski definition) is 0. The molecule has 0 radical (unpaired) electrons. The van der Waals surface area contributed by atoms with E-state index in [-0.39, 0.29) is 0 Å². The molecule has 3 aromatic rings. The third-order valence-corrected chi connectivity index (χ3v) is 4.03. The summed E-state index contributed by atoms with van der Waals surface area (Å²) in [5.74, 6) is 0.576. The Balaban J connectivity index is 2.16. The molecule has 0 fully saturated rings. The number of hydrogen-bond acceptors (Lipinski definition) is 1. The van der Waals surface area contributed by atoms with Crippen LogP contribution in [0.4, 0.5) is 0 Å². The van der Waals surface area contributed by atoms with Crippen LogP contribution in [0.25, 0.3) is 22.0 Å². The second-order valence-electron chi connectivity index (χ2n) is 5.31. The Morgan fingerprint density at radius 1 is 1.00 bits per heavy atom. The van der Waals surface area contributed by atoms with Gasteiger partial charge in [-0.3, -0.25) is 4.98 Å². The molecule has 1 nitrogen and oxygen atoms in total. The van der Waals surface area contributed by atoms with Crippen molar-refractivity contribution in [2.45, 2.75) is 26.2 Å². The van der Waals surface area contributed by atoms with Crippen LogP contribution in [-0.4, -0.2) is 4.98 Å². The summed E-state index contributed by atoms with van der Waals surface area (Å²) < 4.78 is 0. The predicted molar refractivity (Wildman–Crippen MR) is 85.9 cm³/mol. The van der Waals surface area contributed by atoms with Crippen molar-refractivity contribution in [3.8, 4) is 11.3 Å². The van der Waals surface area contributed by atoms with E-state index in [1.54, 1.807) is 0 Å². The van der Waals surface area contributed by atoms with Gasteiger partial charge in [0.2, 0.25) is 0 Å². The van der Waals surface area contributed by atoms with Gasteiger partial charge in [-0.05, 0) is 40.8 Å². The lowest BCUT2D eigenvalue weighted by molar-refractivity contribution is 0.732. The molecule has 1 unspecified atom stereocenters. The molecule has 1 heterocycles. The number of rotatable bonds is 3. The highest BCUT2D eigenvalue weighted by Gasteiger charge is 2.08. The van der Waals surface area contributed by atoms with Crippen LogP contribution in [0.15, 0.2) is 60.8 Å². The van der Waals surface area contributed by atoms with Gasteiger partial charge in [0.25, 0.3) is 0 Å². The van der Waals surface area contributed by atoms with Crippen molar-refractivity contribution in [3.63, 3.8) is 0 Å². The fourth-order valence-electron chi connectivity index (χ4n) is 2.59. The van der Waals surface area contributed by atoms with Crippen LogP contribution in [0.5, 0.6) is 0 Å². The van der Waals surface area contributed by atoms with Crippen molar-refractivity contribution in [2.24, 2.45) is 0 Å². The molecule has 100 valence electrons. The first-order valence-electron chi connectivity index (χ1n) is 7.23. The van der Waals surface area contributed by atoms with E-state index in [0.717, 1.165) is 12.1 Å². The first kappa shape index (κ1) is 12.9. The number of nitrogens with zero attached hydrogens (tertiary/aromatic N) is 1. The average molecular weight is 261 g/mol. The molecule has 20 heavy (non-hydrogen) atoms. The summed E-state index contributed by atoms with van der Waals surface area (Å²) in [4.78, 5) is 4.58. The Labute approximate surface area is 120 Å².